The molecule has 0 saturated heterocycles. The number of amides is 1. The highest BCUT2D eigenvalue weighted by Gasteiger charge is 2.24. The van der Waals surface area contributed by atoms with Crippen molar-refractivity contribution in [1.29, 1.82) is 0 Å². The maximum atomic E-state index is 13.5. The third-order valence-corrected chi connectivity index (χ3v) is 5.37. The maximum Gasteiger partial charge on any atom is 0.283 e. The van der Waals surface area contributed by atoms with Crippen LogP contribution in [0.15, 0.2) is 30.3 Å². The van der Waals surface area contributed by atoms with E-state index in [4.69, 9.17) is 9.84 Å². The van der Waals surface area contributed by atoms with Gasteiger partial charge in [-0.05, 0) is 36.2 Å². The lowest BCUT2D eigenvalue weighted by atomic mass is 10.1. The molecule has 0 saturated carbocycles. The van der Waals surface area contributed by atoms with Crippen molar-refractivity contribution in [2.24, 2.45) is 0 Å². The largest absolute Gasteiger partial charge is 0.383 e. The quantitative estimate of drug-likeness (QED) is 0.547. The van der Waals surface area contributed by atoms with Crippen molar-refractivity contribution in [2.75, 3.05) is 38.5 Å². The van der Waals surface area contributed by atoms with E-state index in [0.717, 1.165) is 17.3 Å². The molecule has 3 rings (SSSR count). The lowest BCUT2D eigenvalue weighted by molar-refractivity contribution is 0.0977. The molecule has 1 N–H and O–H groups in total. The Morgan fingerprint density at radius 1 is 1.28 bits per heavy atom. The summed E-state index contributed by atoms with van der Waals surface area (Å²) >= 11 is 0. The molecule has 1 aromatic carbocycles. The molecule has 0 spiro atoms. The number of pyridine rings is 1. The van der Waals surface area contributed by atoms with E-state index >= 15 is 0 Å². The molecule has 0 bridgehead atoms. The summed E-state index contributed by atoms with van der Waals surface area (Å²) in [6, 6.07) is 7.28. The van der Waals surface area contributed by atoms with Crippen LogP contribution in [0.2, 0.25) is 0 Å². The molecule has 9 nitrogen and oxygen atoms in total. The number of anilines is 1. The molecular weight excluding hydrogens is 437 g/mol. The number of hydrogen-bond donors (Lipinski definition) is 1. The van der Waals surface area contributed by atoms with Crippen LogP contribution >= 0.6 is 0 Å². The number of sulfonamides is 1. The summed E-state index contributed by atoms with van der Waals surface area (Å²) in [5.74, 6) is -1.23. The molecule has 3 aromatic rings. The Labute approximate surface area is 186 Å². The van der Waals surface area contributed by atoms with E-state index in [1.54, 1.807) is 25.3 Å². The predicted molar refractivity (Wildman–Crippen MR) is 120 cm³/mol. The number of carbonyl (C=O) groups excluding carboxylic acids is 1. The minimum Gasteiger partial charge on any atom is -0.383 e. The van der Waals surface area contributed by atoms with Crippen molar-refractivity contribution in [3.63, 3.8) is 0 Å². The van der Waals surface area contributed by atoms with Gasteiger partial charge in [0.1, 0.15) is 11.5 Å². The molecule has 0 radical (unpaired) electrons. The summed E-state index contributed by atoms with van der Waals surface area (Å²) in [7, 11) is -0.356. The summed E-state index contributed by atoms with van der Waals surface area (Å²) in [6.45, 7) is 4.93. The van der Waals surface area contributed by atoms with Gasteiger partial charge in [-0.15, -0.1) is 0 Å². The van der Waals surface area contributed by atoms with Crippen molar-refractivity contribution >= 4 is 32.7 Å². The van der Waals surface area contributed by atoms with Gasteiger partial charge in [-0.25, -0.2) is 27.2 Å². The van der Waals surface area contributed by atoms with E-state index in [9.17, 15) is 17.6 Å². The first-order valence-electron chi connectivity index (χ1n) is 9.93. The number of carbonyl (C=O) groups is 1. The normalized spacial score (nSPS) is 11.8. The molecule has 0 fully saturated rings. The van der Waals surface area contributed by atoms with Gasteiger partial charge in [0, 0.05) is 20.7 Å². The molecule has 0 unspecified atom stereocenters. The van der Waals surface area contributed by atoms with E-state index < -0.39 is 21.7 Å². The van der Waals surface area contributed by atoms with Crippen molar-refractivity contribution < 1.29 is 22.3 Å². The number of nitrogens with zero attached hydrogens (tertiary/aromatic N) is 4. The van der Waals surface area contributed by atoms with E-state index in [0.29, 0.717) is 30.2 Å². The fourth-order valence-corrected chi connectivity index (χ4v) is 3.72. The summed E-state index contributed by atoms with van der Waals surface area (Å²) in [5, 5.41) is 5.43. The number of aromatic nitrogens is 3. The molecule has 0 aliphatic heterocycles. The standard InChI is InChI=1S/C21H26FN5O4S/c1-13(2)19-18-17(26(3)10-11-31-4)12-16(21(28)25-32(5,29)30)23-20(18)27(24-19)15-8-6-14(22)7-9-15/h6-9,12-13H,10-11H2,1-5H3,(H,25,28). The van der Waals surface area contributed by atoms with Crippen molar-refractivity contribution in [1.82, 2.24) is 19.5 Å². The fraction of sp³-hybridized carbons (Fsp3) is 0.381. The maximum absolute atomic E-state index is 13.5. The third-order valence-electron chi connectivity index (χ3n) is 4.81. The average Bonchev–Trinajstić information content (AvgIpc) is 3.10. The van der Waals surface area contributed by atoms with Crippen molar-refractivity contribution in [3.05, 3.63) is 47.5 Å². The Morgan fingerprint density at radius 2 is 1.94 bits per heavy atom. The molecule has 172 valence electrons. The third kappa shape index (κ3) is 5.05. The van der Waals surface area contributed by atoms with Crippen LogP contribution in [0, 0.1) is 5.82 Å². The zero-order chi connectivity index (χ0) is 23.6. The van der Waals surface area contributed by atoms with Gasteiger partial charge >= 0.3 is 0 Å². The monoisotopic (exact) mass is 463 g/mol. The van der Waals surface area contributed by atoms with Crippen LogP contribution in [0.25, 0.3) is 16.7 Å². The molecule has 2 heterocycles. The number of benzene rings is 1. The van der Waals surface area contributed by atoms with Gasteiger partial charge < -0.3 is 9.64 Å². The van der Waals surface area contributed by atoms with Gasteiger partial charge in [-0.2, -0.15) is 5.10 Å². The van der Waals surface area contributed by atoms with E-state index in [-0.39, 0.29) is 11.6 Å². The first-order chi connectivity index (χ1) is 15.0. The van der Waals surface area contributed by atoms with E-state index in [1.165, 1.54) is 16.8 Å². The Balaban J connectivity index is 2.32. The molecule has 0 atom stereocenters. The highest BCUT2D eigenvalue weighted by Crippen LogP contribution is 2.34. The fourth-order valence-electron chi connectivity index (χ4n) is 3.28. The lowest BCUT2D eigenvalue weighted by Gasteiger charge is -2.21. The number of ether oxygens (including phenoxy) is 1. The highest BCUT2D eigenvalue weighted by atomic mass is 32.2. The molecule has 0 aliphatic rings. The summed E-state index contributed by atoms with van der Waals surface area (Å²) in [6.07, 6.45) is 0.898. The number of methoxy groups -OCH3 is 1. The zero-order valence-electron chi connectivity index (χ0n) is 18.6. The molecular formula is C21H26FN5O4S. The summed E-state index contributed by atoms with van der Waals surface area (Å²) in [5.41, 5.74) is 2.23. The topological polar surface area (TPSA) is 106 Å². The Kier molecular flexibility index (Phi) is 6.79. The second-order valence-corrected chi connectivity index (χ2v) is 9.52. The van der Waals surface area contributed by atoms with Crippen LogP contribution in [0.4, 0.5) is 10.1 Å². The number of halogens is 1. The zero-order valence-corrected chi connectivity index (χ0v) is 19.4. The van der Waals surface area contributed by atoms with Gasteiger partial charge in [-0.3, -0.25) is 4.79 Å². The number of fused-ring (bicyclic) bond motifs is 1. The minimum atomic E-state index is -3.78. The Bertz CT molecular complexity index is 1240. The highest BCUT2D eigenvalue weighted by molar-refractivity contribution is 7.89. The number of nitrogens with one attached hydrogen (secondary N) is 1. The average molecular weight is 464 g/mol. The predicted octanol–water partition coefficient (Wildman–Crippen LogP) is 2.46. The second-order valence-electron chi connectivity index (χ2n) is 7.77. The number of rotatable bonds is 8. The molecule has 0 aliphatic carbocycles. The molecule has 1 amide bonds. The van der Waals surface area contributed by atoms with E-state index in [1.807, 2.05) is 30.5 Å². The molecule has 11 heteroatoms. The smallest absolute Gasteiger partial charge is 0.283 e. The lowest BCUT2D eigenvalue weighted by Crippen LogP contribution is -2.30. The number of likely N-dealkylation sites (N-methyl/N-ethyl adjacent to an activating group) is 1. The van der Waals surface area contributed by atoms with Crippen LogP contribution in [0.5, 0.6) is 0 Å². The summed E-state index contributed by atoms with van der Waals surface area (Å²) in [4.78, 5) is 19.0. The first kappa shape index (κ1) is 23.6. The van der Waals surface area contributed by atoms with E-state index in [2.05, 4.69) is 4.98 Å². The van der Waals surface area contributed by atoms with Crippen LogP contribution in [0.3, 0.4) is 0 Å². The Morgan fingerprint density at radius 3 is 2.50 bits per heavy atom. The summed E-state index contributed by atoms with van der Waals surface area (Å²) < 4.78 is 45.4. The van der Waals surface area contributed by atoms with Crippen LogP contribution in [-0.4, -0.2) is 62.7 Å². The van der Waals surface area contributed by atoms with Crippen LogP contribution < -0.4 is 9.62 Å². The second kappa shape index (κ2) is 9.21. The van der Waals surface area contributed by atoms with Crippen LogP contribution in [0.1, 0.15) is 35.9 Å². The SMILES string of the molecule is COCCN(C)c1cc(C(=O)NS(C)(=O)=O)nc2c1c(C(C)C)nn2-c1ccc(F)cc1. The van der Waals surface area contributed by atoms with Gasteiger partial charge in [0.25, 0.3) is 5.91 Å². The first-order valence-corrected chi connectivity index (χ1v) is 11.8. The van der Waals surface area contributed by atoms with Gasteiger partial charge in [0.2, 0.25) is 10.0 Å². The minimum absolute atomic E-state index is 0.0197. The van der Waals surface area contributed by atoms with Crippen molar-refractivity contribution in [3.8, 4) is 5.69 Å². The van der Waals surface area contributed by atoms with Gasteiger partial charge in [0.05, 0.1) is 35.3 Å². The van der Waals surface area contributed by atoms with Crippen molar-refractivity contribution in [2.45, 2.75) is 19.8 Å². The number of hydrogen-bond acceptors (Lipinski definition) is 7. The van der Waals surface area contributed by atoms with Crippen LogP contribution in [-0.2, 0) is 14.8 Å². The Hall–Kier alpha value is -3.05. The van der Waals surface area contributed by atoms with Gasteiger partial charge in [-0.1, -0.05) is 13.8 Å². The molecule has 2 aromatic heterocycles. The molecule has 32 heavy (non-hydrogen) atoms. The van der Waals surface area contributed by atoms with Gasteiger partial charge in [0.15, 0.2) is 5.65 Å².